The van der Waals surface area contributed by atoms with Crippen molar-refractivity contribution in [3.63, 3.8) is 0 Å². The highest BCUT2D eigenvalue weighted by atomic mass is 32.1. The summed E-state index contributed by atoms with van der Waals surface area (Å²) in [6.45, 7) is 4.02. The van der Waals surface area contributed by atoms with Crippen LogP contribution in [0.15, 0.2) is 41.9 Å². The number of ether oxygens (including phenoxy) is 1. The molecule has 1 unspecified atom stereocenters. The Labute approximate surface area is 172 Å². The average molecular weight is 409 g/mol. The summed E-state index contributed by atoms with van der Waals surface area (Å²) in [5.41, 5.74) is 3.46. The van der Waals surface area contributed by atoms with E-state index >= 15 is 0 Å². The largest absolute Gasteiger partial charge is 0.487 e. The van der Waals surface area contributed by atoms with Crippen molar-refractivity contribution in [1.82, 2.24) is 15.3 Å². The smallest absolute Gasteiger partial charge is 0.244 e. The van der Waals surface area contributed by atoms with Gasteiger partial charge >= 0.3 is 0 Å². The number of rotatable bonds is 5. The van der Waals surface area contributed by atoms with E-state index in [1.807, 2.05) is 31.4 Å². The Kier molecular flexibility index (Phi) is 5.40. The van der Waals surface area contributed by atoms with Crippen LogP contribution in [0.3, 0.4) is 0 Å². The van der Waals surface area contributed by atoms with Crippen molar-refractivity contribution >= 4 is 23.3 Å². The van der Waals surface area contributed by atoms with Crippen LogP contribution in [-0.2, 0) is 11.2 Å². The summed E-state index contributed by atoms with van der Waals surface area (Å²) in [6, 6.07) is 6.98. The number of hydrogen-bond acceptors (Lipinski definition) is 5. The van der Waals surface area contributed by atoms with E-state index in [0.717, 1.165) is 21.8 Å². The number of fused-ring (bicyclic) bond motifs is 1. The first-order valence-electron chi connectivity index (χ1n) is 9.29. The Balaban J connectivity index is 1.48. The van der Waals surface area contributed by atoms with Crippen LogP contribution < -0.4 is 10.1 Å². The van der Waals surface area contributed by atoms with E-state index in [1.165, 1.54) is 12.1 Å². The van der Waals surface area contributed by atoms with Gasteiger partial charge in [-0.3, -0.25) is 9.78 Å². The van der Waals surface area contributed by atoms with Gasteiger partial charge in [0.15, 0.2) is 0 Å². The Morgan fingerprint density at radius 1 is 1.38 bits per heavy atom. The predicted octanol–water partition coefficient (Wildman–Crippen LogP) is 4.09. The number of halogens is 1. The summed E-state index contributed by atoms with van der Waals surface area (Å²) in [4.78, 5) is 22.0. The summed E-state index contributed by atoms with van der Waals surface area (Å²) >= 11 is 1.56. The lowest BCUT2D eigenvalue weighted by Crippen LogP contribution is -2.33. The molecule has 1 amide bonds. The van der Waals surface area contributed by atoms with Crippen LogP contribution >= 0.6 is 11.3 Å². The Morgan fingerprint density at radius 2 is 2.24 bits per heavy atom. The monoisotopic (exact) mass is 409 g/mol. The van der Waals surface area contributed by atoms with Gasteiger partial charge in [0.05, 0.1) is 23.6 Å². The van der Waals surface area contributed by atoms with Crippen LogP contribution in [0.5, 0.6) is 5.75 Å². The normalized spacial score (nSPS) is 15.3. The number of carbonyl (C=O) groups is 1. The van der Waals surface area contributed by atoms with Gasteiger partial charge in [-0.25, -0.2) is 9.37 Å². The molecule has 1 aromatic carbocycles. The van der Waals surface area contributed by atoms with Crippen LogP contribution in [-0.4, -0.2) is 28.5 Å². The molecule has 0 radical (unpaired) electrons. The second kappa shape index (κ2) is 8.13. The maximum atomic E-state index is 14.4. The molecule has 1 aliphatic rings. The van der Waals surface area contributed by atoms with Crippen molar-refractivity contribution in [2.75, 3.05) is 6.54 Å². The van der Waals surface area contributed by atoms with E-state index in [4.69, 9.17) is 4.74 Å². The number of benzene rings is 1. The molecule has 5 nitrogen and oxygen atoms in total. The van der Waals surface area contributed by atoms with Gasteiger partial charge in [0.1, 0.15) is 17.7 Å². The van der Waals surface area contributed by atoms with Gasteiger partial charge in [-0.2, -0.15) is 0 Å². The third kappa shape index (κ3) is 4.19. The molecule has 0 fully saturated rings. The third-order valence-electron chi connectivity index (χ3n) is 4.70. The molecule has 0 spiro atoms. The first-order chi connectivity index (χ1) is 14.0. The molecular formula is C22H20FN3O2S. The molecule has 3 heterocycles. The van der Waals surface area contributed by atoms with Crippen molar-refractivity contribution < 1.29 is 13.9 Å². The molecule has 0 bridgehead atoms. The average Bonchev–Trinajstić information content (AvgIpc) is 3.37. The van der Waals surface area contributed by atoms with E-state index in [0.29, 0.717) is 30.0 Å². The highest BCUT2D eigenvalue weighted by Crippen LogP contribution is 2.40. The topological polar surface area (TPSA) is 64.1 Å². The molecule has 0 aliphatic carbocycles. The lowest BCUT2D eigenvalue weighted by Gasteiger charge is -2.13. The molecule has 4 rings (SSSR count). The quantitative estimate of drug-likeness (QED) is 0.645. The second-order valence-corrected chi connectivity index (χ2v) is 7.87. The molecule has 148 valence electrons. The van der Waals surface area contributed by atoms with Crippen molar-refractivity contribution in [1.29, 1.82) is 0 Å². The number of hydrogen-bond donors (Lipinski definition) is 1. The first-order valence-corrected chi connectivity index (χ1v) is 10.2. The van der Waals surface area contributed by atoms with Crippen molar-refractivity contribution in [3.05, 3.63) is 69.6 Å². The second-order valence-electron chi connectivity index (χ2n) is 6.89. The molecule has 0 saturated carbocycles. The molecule has 3 aromatic rings. The van der Waals surface area contributed by atoms with E-state index in [-0.39, 0.29) is 17.8 Å². The highest BCUT2D eigenvalue weighted by Gasteiger charge is 2.30. The SMILES string of the molecule is Cc1cnc(C)c(-c2ccc(F)c3c2OC(CNC(=O)/C=C/c2cccs2)C3)n1. The number of carbonyl (C=O) groups excluding carboxylic acids is 1. The van der Waals surface area contributed by atoms with Crippen molar-refractivity contribution in [2.45, 2.75) is 26.4 Å². The van der Waals surface area contributed by atoms with E-state index < -0.39 is 0 Å². The molecule has 29 heavy (non-hydrogen) atoms. The Morgan fingerprint density at radius 3 is 3.03 bits per heavy atom. The fourth-order valence-electron chi connectivity index (χ4n) is 3.27. The van der Waals surface area contributed by atoms with Crippen molar-refractivity contribution in [2.24, 2.45) is 0 Å². The maximum absolute atomic E-state index is 14.4. The summed E-state index contributed by atoms with van der Waals surface area (Å²) in [7, 11) is 0. The number of nitrogens with zero attached hydrogens (tertiary/aromatic N) is 2. The maximum Gasteiger partial charge on any atom is 0.244 e. The fraction of sp³-hybridized carbons (Fsp3) is 0.227. The zero-order valence-electron chi connectivity index (χ0n) is 16.1. The van der Waals surface area contributed by atoms with E-state index in [9.17, 15) is 9.18 Å². The first kappa shape index (κ1) is 19.3. The van der Waals surface area contributed by atoms with Crippen LogP contribution in [0.4, 0.5) is 4.39 Å². The highest BCUT2D eigenvalue weighted by molar-refractivity contribution is 7.10. The standard InChI is InChI=1S/C22H20FN3O2S/c1-13-11-24-14(2)21(26-13)17-6-7-19(23)18-10-15(28-22(17)18)12-25-20(27)8-5-16-4-3-9-29-16/h3-9,11,15H,10,12H2,1-2H3,(H,25,27)/b8-5+. The van der Waals surface area contributed by atoms with Gasteiger partial charge in [0, 0.05) is 34.7 Å². The summed E-state index contributed by atoms with van der Waals surface area (Å²) in [5, 5.41) is 4.78. The van der Waals surface area contributed by atoms with Crippen LogP contribution in [0.25, 0.3) is 17.3 Å². The summed E-state index contributed by atoms with van der Waals surface area (Å²) in [5.74, 6) is -0.0335. The molecule has 0 saturated heterocycles. The molecule has 1 atom stereocenters. The minimum absolute atomic E-state index is 0.209. The minimum atomic E-state index is -0.335. The van der Waals surface area contributed by atoms with Gasteiger partial charge in [0.25, 0.3) is 0 Å². The minimum Gasteiger partial charge on any atom is -0.487 e. The number of aromatic nitrogens is 2. The number of nitrogens with one attached hydrogen (secondary N) is 1. The zero-order chi connectivity index (χ0) is 20.4. The van der Waals surface area contributed by atoms with Gasteiger partial charge in [-0.05, 0) is 43.5 Å². The van der Waals surface area contributed by atoms with Crippen LogP contribution in [0.2, 0.25) is 0 Å². The van der Waals surface area contributed by atoms with Crippen LogP contribution in [0.1, 0.15) is 21.8 Å². The fourth-order valence-corrected chi connectivity index (χ4v) is 3.89. The van der Waals surface area contributed by atoms with Gasteiger partial charge in [0.2, 0.25) is 5.91 Å². The number of thiophene rings is 1. The molecule has 1 aliphatic heterocycles. The van der Waals surface area contributed by atoms with E-state index in [2.05, 4.69) is 15.3 Å². The number of aryl methyl sites for hydroxylation is 2. The molecule has 1 N–H and O–H groups in total. The Bertz CT molecular complexity index is 1080. The molecular weight excluding hydrogens is 389 g/mol. The predicted molar refractivity (Wildman–Crippen MR) is 111 cm³/mol. The number of amides is 1. The zero-order valence-corrected chi connectivity index (χ0v) is 16.9. The third-order valence-corrected chi connectivity index (χ3v) is 5.53. The lowest BCUT2D eigenvalue weighted by atomic mass is 10.0. The summed E-state index contributed by atoms with van der Waals surface area (Å²) in [6.07, 6.45) is 5.01. The lowest BCUT2D eigenvalue weighted by molar-refractivity contribution is -0.116. The molecule has 2 aromatic heterocycles. The van der Waals surface area contributed by atoms with E-state index in [1.54, 1.807) is 29.7 Å². The van der Waals surface area contributed by atoms with Gasteiger partial charge in [-0.1, -0.05) is 6.07 Å². The van der Waals surface area contributed by atoms with Gasteiger partial charge < -0.3 is 10.1 Å². The Hall–Kier alpha value is -3.06. The van der Waals surface area contributed by atoms with Crippen LogP contribution in [0, 0.1) is 19.7 Å². The van der Waals surface area contributed by atoms with Gasteiger partial charge in [-0.15, -0.1) is 11.3 Å². The summed E-state index contributed by atoms with van der Waals surface area (Å²) < 4.78 is 20.4. The van der Waals surface area contributed by atoms with Crippen molar-refractivity contribution in [3.8, 4) is 17.0 Å². The molecule has 7 heteroatoms.